The van der Waals surface area contributed by atoms with E-state index < -0.39 is 17.5 Å². The number of H-pyrrole nitrogens is 1. The average Bonchev–Trinajstić information content (AvgIpc) is 2.83. The molecule has 0 fully saturated rings. The minimum absolute atomic E-state index is 0.114. The second kappa shape index (κ2) is 6.27. The van der Waals surface area contributed by atoms with Gasteiger partial charge in [-0.3, -0.25) is 9.89 Å². The van der Waals surface area contributed by atoms with E-state index in [1.807, 2.05) is 6.92 Å². The molecule has 2 aromatic rings. The monoisotopic (exact) mass is 279 g/mol. The molecule has 6 heteroatoms. The van der Waals surface area contributed by atoms with E-state index in [0.717, 1.165) is 36.2 Å². The molecule has 1 aromatic carbocycles. The summed E-state index contributed by atoms with van der Waals surface area (Å²) in [5.41, 5.74) is 2.23. The van der Waals surface area contributed by atoms with E-state index in [1.54, 1.807) is 6.20 Å². The van der Waals surface area contributed by atoms with E-state index in [0.29, 0.717) is 6.54 Å². The van der Waals surface area contributed by atoms with Gasteiger partial charge in [0.15, 0.2) is 11.6 Å². The van der Waals surface area contributed by atoms with Gasteiger partial charge in [-0.1, -0.05) is 0 Å². The van der Waals surface area contributed by atoms with E-state index in [9.17, 15) is 13.6 Å². The van der Waals surface area contributed by atoms with Gasteiger partial charge >= 0.3 is 0 Å². The molecular formula is C14H15F2N3O. The molecule has 0 unspecified atom stereocenters. The lowest BCUT2D eigenvalue weighted by molar-refractivity contribution is 0.0952. The van der Waals surface area contributed by atoms with Crippen molar-refractivity contribution in [2.75, 3.05) is 6.54 Å². The lowest BCUT2D eigenvalue weighted by Gasteiger charge is -2.05. The Hall–Kier alpha value is -2.24. The molecule has 1 aromatic heterocycles. The second-order valence-corrected chi connectivity index (χ2v) is 4.51. The number of halogens is 2. The molecule has 106 valence electrons. The van der Waals surface area contributed by atoms with Gasteiger partial charge in [0.2, 0.25) is 0 Å². The summed E-state index contributed by atoms with van der Waals surface area (Å²) in [6.45, 7) is 2.39. The SMILES string of the molecule is Cc1[nH]ncc1CCCNC(=O)c1ccc(F)c(F)c1. The third-order valence-electron chi connectivity index (χ3n) is 3.02. The quantitative estimate of drug-likeness (QED) is 0.825. The van der Waals surface area contributed by atoms with E-state index in [4.69, 9.17) is 0 Å². The highest BCUT2D eigenvalue weighted by Gasteiger charge is 2.09. The van der Waals surface area contributed by atoms with Crippen LogP contribution in [0, 0.1) is 18.6 Å². The Kier molecular flexibility index (Phi) is 4.45. The molecule has 0 aliphatic rings. The second-order valence-electron chi connectivity index (χ2n) is 4.51. The summed E-state index contributed by atoms with van der Waals surface area (Å²) in [4.78, 5) is 11.7. The van der Waals surface area contributed by atoms with Crippen LogP contribution in [0.25, 0.3) is 0 Å². The van der Waals surface area contributed by atoms with Crippen molar-refractivity contribution >= 4 is 5.91 Å². The Morgan fingerprint density at radius 3 is 2.80 bits per heavy atom. The summed E-state index contributed by atoms with van der Waals surface area (Å²) in [7, 11) is 0. The lowest BCUT2D eigenvalue weighted by Crippen LogP contribution is -2.25. The zero-order valence-electron chi connectivity index (χ0n) is 11.0. The fraction of sp³-hybridized carbons (Fsp3) is 0.286. The van der Waals surface area contributed by atoms with Gasteiger partial charge in [-0.2, -0.15) is 5.10 Å². The smallest absolute Gasteiger partial charge is 0.251 e. The number of aryl methyl sites for hydroxylation is 2. The molecule has 20 heavy (non-hydrogen) atoms. The molecule has 0 saturated carbocycles. The van der Waals surface area contributed by atoms with Crippen LogP contribution in [-0.2, 0) is 6.42 Å². The van der Waals surface area contributed by atoms with Gasteiger partial charge in [0.25, 0.3) is 5.91 Å². The molecule has 0 atom stereocenters. The largest absolute Gasteiger partial charge is 0.352 e. The van der Waals surface area contributed by atoms with Crippen LogP contribution >= 0.6 is 0 Å². The van der Waals surface area contributed by atoms with E-state index in [1.165, 1.54) is 6.07 Å². The predicted molar refractivity (Wildman–Crippen MR) is 70.3 cm³/mol. The van der Waals surface area contributed by atoms with Gasteiger partial charge in [0.1, 0.15) is 0 Å². The number of nitrogens with one attached hydrogen (secondary N) is 2. The number of carbonyl (C=O) groups excluding carboxylic acids is 1. The number of nitrogens with zero attached hydrogens (tertiary/aromatic N) is 1. The molecule has 2 rings (SSSR count). The lowest BCUT2D eigenvalue weighted by atomic mass is 10.1. The maximum Gasteiger partial charge on any atom is 0.251 e. The standard InChI is InChI=1S/C14H15F2N3O/c1-9-11(8-18-19-9)3-2-6-17-14(20)10-4-5-12(15)13(16)7-10/h4-5,7-8H,2-3,6H2,1H3,(H,17,20)(H,18,19). The highest BCUT2D eigenvalue weighted by Crippen LogP contribution is 2.09. The molecule has 0 aliphatic carbocycles. The first-order valence-corrected chi connectivity index (χ1v) is 6.30. The zero-order valence-corrected chi connectivity index (χ0v) is 11.0. The van der Waals surface area contributed by atoms with Crippen molar-refractivity contribution < 1.29 is 13.6 Å². The van der Waals surface area contributed by atoms with Crippen molar-refractivity contribution in [3.63, 3.8) is 0 Å². The van der Waals surface area contributed by atoms with Gasteiger partial charge in [0, 0.05) is 17.8 Å². The zero-order chi connectivity index (χ0) is 14.5. The minimum atomic E-state index is -1.02. The van der Waals surface area contributed by atoms with Crippen molar-refractivity contribution in [3.05, 3.63) is 52.9 Å². The third-order valence-corrected chi connectivity index (χ3v) is 3.02. The summed E-state index contributed by atoms with van der Waals surface area (Å²) < 4.78 is 25.7. The van der Waals surface area contributed by atoms with Crippen LogP contribution in [0.2, 0.25) is 0 Å². The Morgan fingerprint density at radius 2 is 2.15 bits per heavy atom. The number of benzene rings is 1. The first-order chi connectivity index (χ1) is 9.58. The average molecular weight is 279 g/mol. The van der Waals surface area contributed by atoms with Crippen molar-refractivity contribution in [2.45, 2.75) is 19.8 Å². The van der Waals surface area contributed by atoms with Gasteiger partial charge in [0.05, 0.1) is 6.20 Å². The number of aromatic amines is 1. The maximum atomic E-state index is 13.0. The van der Waals surface area contributed by atoms with Crippen LogP contribution in [0.1, 0.15) is 28.0 Å². The van der Waals surface area contributed by atoms with E-state index in [2.05, 4.69) is 15.5 Å². The highest BCUT2D eigenvalue weighted by atomic mass is 19.2. The van der Waals surface area contributed by atoms with E-state index >= 15 is 0 Å². The molecule has 0 radical (unpaired) electrons. The Balaban J connectivity index is 1.80. The topological polar surface area (TPSA) is 57.8 Å². The van der Waals surface area contributed by atoms with Crippen molar-refractivity contribution in [1.82, 2.24) is 15.5 Å². The molecule has 0 spiro atoms. The number of aromatic nitrogens is 2. The van der Waals surface area contributed by atoms with Crippen LogP contribution in [0.5, 0.6) is 0 Å². The highest BCUT2D eigenvalue weighted by molar-refractivity contribution is 5.94. The molecule has 0 saturated heterocycles. The molecule has 0 aliphatic heterocycles. The first-order valence-electron chi connectivity index (χ1n) is 6.30. The van der Waals surface area contributed by atoms with Crippen molar-refractivity contribution in [2.24, 2.45) is 0 Å². The summed E-state index contributed by atoms with van der Waals surface area (Å²) in [6, 6.07) is 3.10. The third kappa shape index (κ3) is 3.40. The fourth-order valence-corrected chi connectivity index (χ4v) is 1.85. The molecule has 0 bridgehead atoms. The Labute approximate surface area is 115 Å². The van der Waals surface area contributed by atoms with Crippen molar-refractivity contribution in [1.29, 1.82) is 0 Å². The summed E-state index contributed by atoms with van der Waals surface area (Å²) in [6.07, 6.45) is 3.29. The minimum Gasteiger partial charge on any atom is -0.352 e. The van der Waals surface area contributed by atoms with Crippen LogP contribution in [-0.4, -0.2) is 22.6 Å². The van der Waals surface area contributed by atoms with Crippen LogP contribution in [0.4, 0.5) is 8.78 Å². The summed E-state index contributed by atoms with van der Waals surface area (Å²) in [5, 5.41) is 9.42. The molecule has 1 heterocycles. The molecular weight excluding hydrogens is 264 g/mol. The van der Waals surface area contributed by atoms with Gasteiger partial charge in [-0.05, 0) is 43.5 Å². The summed E-state index contributed by atoms with van der Waals surface area (Å²) in [5.74, 6) is -2.39. The number of carbonyl (C=O) groups is 1. The van der Waals surface area contributed by atoms with Gasteiger partial charge in [-0.25, -0.2) is 8.78 Å². The van der Waals surface area contributed by atoms with Crippen LogP contribution in [0.3, 0.4) is 0 Å². The van der Waals surface area contributed by atoms with Crippen LogP contribution in [0.15, 0.2) is 24.4 Å². The number of rotatable bonds is 5. The molecule has 2 N–H and O–H groups in total. The number of hydrogen-bond donors (Lipinski definition) is 2. The Bertz CT molecular complexity index is 610. The fourth-order valence-electron chi connectivity index (χ4n) is 1.85. The maximum absolute atomic E-state index is 13.0. The van der Waals surface area contributed by atoms with Gasteiger partial charge in [-0.15, -0.1) is 0 Å². The number of hydrogen-bond acceptors (Lipinski definition) is 2. The van der Waals surface area contributed by atoms with E-state index in [-0.39, 0.29) is 5.56 Å². The Morgan fingerprint density at radius 1 is 1.35 bits per heavy atom. The van der Waals surface area contributed by atoms with Crippen molar-refractivity contribution in [3.8, 4) is 0 Å². The molecule has 4 nitrogen and oxygen atoms in total. The predicted octanol–water partition coefficient (Wildman–Crippen LogP) is 2.36. The number of amides is 1. The van der Waals surface area contributed by atoms with Gasteiger partial charge < -0.3 is 5.32 Å². The molecule has 1 amide bonds. The van der Waals surface area contributed by atoms with Crippen LogP contribution < -0.4 is 5.32 Å². The summed E-state index contributed by atoms with van der Waals surface area (Å²) >= 11 is 0. The normalized spacial score (nSPS) is 10.6. The first kappa shape index (κ1) is 14.2.